The summed E-state index contributed by atoms with van der Waals surface area (Å²) in [7, 11) is -9.91. The summed E-state index contributed by atoms with van der Waals surface area (Å²) in [6, 6.07) is 0. The van der Waals surface area contributed by atoms with E-state index in [-0.39, 0.29) is 25.7 Å². The lowest BCUT2D eigenvalue weighted by molar-refractivity contribution is -0.161. The highest BCUT2D eigenvalue weighted by molar-refractivity contribution is 7.47. The van der Waals surface area contributed by atoms with Gasteiger partial charge in [0.1, 0.15) is 19.3 Å². The van der Waals surface area contributed by atoms with Crippen LogP contribution in [-0.2, 0) is 65.4 Å². The lowest BCUT2D eigenvalue weighted by Crippen LogP contribution is -2.30. The van der Waals surface area contributed by atoms with Gasteiger partial charge >= 0.3 is 39.5 Å². The van der Waals surface area contributed by atoms with Crippen LogP contribution < -0.4 is 0 Å². The highest BCUT2D eigenvalue weighted by Gasteiger charge is 2.30. The summed E-state index contributed by atoms with van der Waals surface area (Å²) in [5.41, 5.74) is 0. The molecule has 3 unspecified atom stereocenters. The zero-order valence-electron chi connectivity index (χ0n) is 61.3. The van der Waals surface area contributed by atoms with E-state index < -0.39 is 97.5 Å². The van der Waals surface area contributed by atoms with Gasteiger partial charge in [0.05, 0.1) is 26.4 Å². The van der Waals surface area contributed by atoms with E-state index in [0.29, 0.717) is 25.7 Å². The fourth-order valence-corrected chi connectivity index (χ4v) is 13.0. The highest BCUT2D eigenvalue weighted by Crippen LogP contribution is 2.45. The number of hydrogen-bond acceptors (Lipinski definition) is 15. The van der Waals surface area contributed by atoms with Crippen LogP contribution >= 0.6 is 15.6 Å². The van der Waals surface area contributed by atoms with E-state index >= 15 is 0 Å². The van der Waals surface area contributed by atoms with Crippen molar-refractivity contribution in [1.82, 2.24) is 0 Å². The number of carbonyl (C=O) groups is 4. The second-order valence-electron chi connectivity index (χ2n) is 27.8. The topological polar surface area (TPSA) is 237 Å². The maximum absolute atomic E-state index is 13.1. The molecule has 94 heavy (non-hydrogen) atoms. The number of aliphatic hydroxyl groups excluding tert-OH is 1. The number of aliphatic hydroxyl groups is 1. The third-order valence-corrected chi connectivity index (χ3v) is 19.7. The largest absolute Gasteiger partial charge is 0.472 e. The van der Waals surface area contributed by atoms with Crippen molar-refractivity contribution in [2.45, 2.75) is 407 Å². The summed E-state index contributed by atoms with van der Waals surface area (Å²) in [5.74, 6) is -0.650. The lowest BCUT2D eigenvalue weighted by atomic mass is 10.00. The Kier molecular flexibility index (Phi) is 65.5. The van der Waals surface area contributed by atoms with E-state index in [1.807, 2.05) is 0 Å². The summed E-state index contributed by atoms with van der Waals surface area (Å²) in [5, 5.41) is 10.6. The van der Waals surface area contributed by atoms with Gasteiger partial charge in [-0.25, -0.2) is 9.13 Å². The molecule has 6 atom stereocenters. The molecule has 558 valence electrons. The van der Waals surface area contributed by atoms with Crippen LogP contribution in [0.15, 0.2) is 0 Å². The van der Waals surface area contributed by atoms with E-state index in [1.54, 1.807) is 0 Å². The molecule has 0 radical (unpaired) electrons. The van der Waals surface area contributed by atoms with Crippen LogP contribution in [0.2, 0.25) is 0 Å². The number of rotatable bonds is 74. The monoisotopic (exact) mass is 1380 g/mol. The van der Waals surface area contributed by atoms with Crippen molar-refractivity contribution in [1.29, 1.82) is 0 Å². The summed E-state index contributed by atoms with van der Waals surface area (Å²) < 4.78 is 68.5. The van der Waals surface area contributed by atoms with Crippen molar-refractivity contribution in [3.63, 3.8) is 0 Å². The van der Waals surface area contributed by atoms with Crippen molar-refractivity contribution in [2.24, 2.45) is 11.8 Å². The van der Waals surface area contributed by atoms with Gasteiger partial charge in [-0.05, 0) is 37.5 Å². The van der Waals surface area contributed by atoms with Gasteiger partial charge < -0.3 is 33.8 Å². The molecule has 0 spiro atoms. The smallest absolute Gasteiger partial charge is 0.462 e. The predicted octanol–water partition coefficient (Wildman–Crippen LogP) is 21.9. The van der Waals surface area contributed by atoms with Crippen LogP contribution in [0.3, 0.4) is 0 Å². The van der Waals surface area contributed by atoms with Gasteiger partial charge in [0.2, 0.25) is 0 Å². The van der Waals surface area contributed by atoms with E-state index in [1.165, 1.54) is 199 Å². The number of hydrogen-bond donors (Lipinski definition) is 3. The first kappa shape index (κ1) is 92.1. The van der Waals surface area contributed by atoms with Crippen LogP contribution in [0.4, 0.5) is 0 Å². The minimum atomic E-state index is -4.96. The Morgan fingerprint density at radius 2 is 0.543 bits per heavy atom. The minimum absolute atomic E-state index is 0.105. The summed E-state index contributed by atoms with van der Waals surface area (Å²) >= 11 is 0. The normalized spacial score (nSPS) is 14.3. The molecule has 0 saturated carbocycles. The fraction of sp³-hybridized carbons (Fsp3) is 0.947. The quantitative estimate of drug-likeness (QED) is 0.0222. The molecule has 0 aliphatic carbocycles. The Hall–Kier alpha value is -1.94. The first-order valence-corrected chi connectivity index (χ1v) is 42.0. The second-order valence-corrected chi connectivity index (χ2v) is 30.7. The SMILES string of the molecule is CCCCCCCCCCCCCCCCCCCC(=O)O[C@H](COC(=O)CCCCCCCCCCCCCCCCC)COP(=O)(O)OC[C@@H](O)COP(=O)(O)OC[C@@H](COC(=O)CCCCCCCCC(C)CC)OC(=O)CCCCCCCCCCCC(C)C. The number of unbranched alkanes of at least 4 members (excludes halogenated alkanes) is 43. The van der Waals surface area contributed by atoms with Crippen LogP contribution in [0.25, 0.3) is 0 Å². The Balaban J connectivity index is 5.25. The Labute approximate surface area is 575 Å². The van der Waals surface area contributed by atoms with Gasteiger partial charge in [-0.1, -0.05) is 337 Å². The van der Waals surface area contributed by atoms with Crippen LogP contribution in [0, 0.1) is 11.8 Å². The molecular weight excluding hydrogens is 1230 g/mol. The molecule has 0 aromatic rings. The molecular formula is C75H146O17P2. The molecule has 0 saturated heterocycles. The van der Waals surface area contributed by atoms with Crippen LogP contribution in [-0.4, -0.2) is 96.7 Å². The molecule has 0 amide bonds. The molecule has 19 heteroatoms. The standard InChI is InChI=1S/C75H146O17P2/c1-7-10-12-14-16-18-20-22-24-25-27-29-31-35-39-47-53-59-74(79)91-70(63-85-72(77)57-51-45-38-34-30-28-26-23-21-19-17-15-13-11-8-2)65-89-93(81,82)87-61-69(76)62-88-94(83,84)90-66-71(64-86-73(78)58-52-46-42-41-44-50-56-68(6)9-3)92-75(80)60-54-48-40-36-32-33-37-43-49-55-67(4)5/h67-71,76H,7-66H2,1-6H3,(H,81,82)(H,83,84)/t68?,69-,70-,71-/m1/s1. The summed E-state index contributed by atoms with van der Waals surface area (Å²) in [4.78, 5) is 72.8. The molecule has 0 fully saturated rings. The number of carbonyl (C=O) groups excluding carboxylic acids is 4. The molecule has 0 heterocycles. The van der Waals surface area contributed by atoms with Gasteiger partial charge in [0.15, 0.2) is 12.2 Å². The van der Waals surface area contributed by atoms with Crippen LogP contribution in [0.5, 0.6) is 0 Å². The number of phosphoric acid groups is 2. The number of ether oxygens (including phenoxy) is 4. The Bertz CT molecular complexity index is 1820. The Morgan fingerprint density at radius 3 is 0.809 bits per heavy atom. The zero-order valence-corrected chi connectivity index (χ0v) is 63.1. The number of phosphoric ester groups is 2. The van der Waals surface area contributed by atoms with Gasteiger partial charge in [0.25, 0.3) is 0 Å². The fourth-order valence-electron chi connectivity index (χ4n) is 11.4. The van der Waals surface area contributed by atoms with Gasteiger partial charge in [-0.15, -0.1) is 0 Å². The van der Waals surface area contributed by atoms with E-state index in [4.69, 9.17) is 37.0 Å². The van der Waals surface area contributed by atoms with Gasteiger partial charge in [0, 0.05) is 25.7 Å². The molecule has 17 nitrogen and oxygen atoms in total. The maximum Gasteiger partial charge on any atom is 0.472 e. The van der Waals surface area contributed by atoms with Crippen molar-refractivity contribution in [3.05, 3.63) is 0 Å². The molecule has 0 aromatic carbocycles. The summed E-state index contributed by atoms with van der Waals surface area (Å²) in [6.07, 6.45) is 54.1. The van der Waals surface area contributed by atoms with Crippen molar-refractivity contribution in [3.8, 4) is 0 Å². The third kappa shape index (κ3) is 67.3. The first-order valence-electron chi connectivity index (χ1n) is 39.0. The number of esters is 4. The minimum Gasteiger partial charge on any atom is -0.462 e. The maximum atomic E-state index is 13.1. The van der Waals surface area contributed by atoms with Crippen molar-refractivity contribution < 1.29 is 80.2 Å². The zero-order chi connectivity index (χ0) is 69.3. The average Bonchev–Trinajstić information content (AvgIpc) is 1.29. The summed E-state index contributed by atoms with van der Waals surface area (Å²) in [6.45, 7) is 9.53. The molecule has 0 aromatic heterocycles. The molecule has 0 aliphatic rings. The predicted molar refractivity (Wildman–Crippen MR) is 381 cm³/mol. The van der Waals surface area contributed by atoms with E-state index in [2.05, 4.69) is 41.5 Å². The van der Waals surface area contributed by atoms with Crippen molar-refractivity contribution >= 4 is 39.5 Å². The second kappa shape index (κ2) is 66.9. The van der Waals surface area contributed by atoms with Crippen LogP contribution in [0.1, 0.15) is 388 Å². The molecule has 0 rings (SSSR count). The van der Waals surface area contributed by atoms with Gasteiger partial charge in [-0.3, -0.25) is 37.3 Å². The lowest BCUT2D eigenvalue weighted by Gasteiger charge is -2.21. The Morgan fingerprint density at radius 1 is 0.309 bits per heavy atom. The molecule has 0 aliphatic heterocycles. The molecule has 0 bridgehead atoms. The van der Waals surface area contributed by atoms with Crippen molar-refractivity contribution in [2.75, 3.05) is 39.6 Å². The molecule has 3 N–H and O–H groups in total. The van der Waals surface area contributed by atoms with Gasteiger partial charge in [-0.2, -0.15) is 0 Å². The third-order valence-electron chi connectivity index (χ3n) is 17.8. The average molecular weight is 1380 g/mol. The first-order chi connectivity index (χ1) is 45.4. The highest BCUT2D eigenvalue weighted by atomic mass is 31.2. The van der Waals surface area contributed by atoms with E-state index in [0.717, 1.165) is 108 Å². The van der Waals surface area contributed by atoms with E-state index in [9.17, 15) is 43.2 Å².